The second-order valence-corrected chi connectivity index (χ2v) is 5.40. The molecular formula is C17H20ClFN2. The molecule has 0 aliphatic rings. The third-order valence-electron chi connectivity index (χ3n) is 3.68. The Balaban J connectivity index is 2.42. The molecule has 1 atom stereocenters. The SMILES string of the molecule is CCN(c1ccccc1F)C(CN)c1ccc(C)c(Cl)c1. The summed E-state index contributed by atoms with van der Waals surface area (Å²) in [5.74, 6) is -0.240. The van der Waals surface area contributed by atoms with Crippen LogP contribution in [0.15, 0.2) is 42.5 Å². The summed E-state index contributed by atoms with van der Waals surface area (Å²) in [7, 11) is 0. The number of hydrogen-bond donors (Lipinski definition) is 1. The Morgan fingerprint density at radius 1 is 1.24 bits per heavy atom. The van der Waals surface area contributed by atoms with Crippen molar-refractivity contribution in [1.29, 1.82) is 0 Å². The van der Waals surface area contributed by atoms with Crippen LogP contribution in [0.1, 0.15) is 24.1 Å². The monoisotopic (exact) mass is 306 g/mol. The van der Waals surface area contributed by atoms with Crippen molar-refractivity contribution in [3.8, 4) is 0 Å². The summed E-state index contributed by atoms with van der Waals surface area (Å²) in [4.78, 5) is 1.97. The number of nitrogens with two attached hydrogens (primary N) is 1. The van der Waals surface area contributed by atoms with Crippen molar-refractivity contribution in [2.75, 3.05) is 18.0 Å². The van der Waals surface area contributed by atoms with Crippen LogP contribution in [-0.2, 0) is 0 Å². The van der Waals surface area contributed by atoms with Gasteiger partial charge in [0.1, 0.15) is 5.82 Å². The zero-order chi connectivity index (χ0) is 15.4. The van der Waals surface area contributed by atoms with Gasteiger partial charge in [-0.15, -0.1) is 0 Å². The molecule has 1 unspecified atom stereocenters. The smallest absolute Gasteiger partial charge is 0.146 e. The van der Waals surface area contributed by atoms with Crippen molar-refractivity contribution in [2.45, 2.75) is 19.9 Å². The van der Waals surface area contributed by atoms with Crippen molar-refractivity contribution in [3.05, 3.63) is 64.4 Å². The first-order valence-electron chi connectivity index (χ1n) is 7.05. The number of rotatable bonds is 5. The van der Waals surface area contributed by atoms with Gasteiger partial charge < -0.3 is 10.6 Å². The van der Waals surface area contributed by atoms with Crippen LogP contribution in [0.3, 0.4) is 0 Å². The first-order valence-corrected chi connectivity index (χ1v) is 7.43. The summed E-state index contributed by atoms with van der Waals surface area (Å²) in [6.45, 7) is 5.00. The minimum atomic E-state index is -0.240. The molecule has 0 fully saturated rings. The molecule has 0 saturated heterocycles. The average Bonchev–Trinajstić information content (AvgIpc) is 2.49. The molecule has 0 saturated carbocycles. The Morgan fingerprint density at radius 2 is 1.95 bits per heavy atom. The first-order chi connectivity index (χ1) is 10.1. The van der Waals surface area contributed by atoms with Crippen LogP contribution in [0.2, 0.25) is 5.02 Å². The molecule has 0 radical (unpaired) electrons. The van der Waals surface area contributed by atoms with E-state index in [0.717, 1.165) is 11.1 Å². The molecule has 2 nitrogen and oxygen atoms in total. The number of halogens is 2. The van der Waals surface area contributed by atoms with Gasteiger partial charge in [0.25, 0.3) is 0 Å². The van der Waals surface area contributed by atoms with E-state index in [4.69, 9.17) is 17.3 Å². The highest BCUT2D eigenvalue weighted by molar-refractivity contribution is 6.31. The number of nitrogens with zero attached hydrogens (tertiary/aromatic N) is 1. The summed E-state index contributed by atoms with van der Waals surface area (Å²) >= 11 is 6.21. The maximum absolute atomic E-state index is 14.1. The van der Waals surface area contributed by atoms with Crippen LogP contribution in [0, 0.1) is 12.7 Å². The second kappa shape index (κ2) is 6.92. The van der Waals surface area contributed by atoms with Crippen LogP contribution in [0.5, 0.6) is 0 Å². The van der Waals surface area contributed by atoms with E-state index in [1.807, 2.05) is 43.0 Å². The Kier molecular flexibility index (Phi) is 5.21. The van der Waals surface area contributed by atoms with Gasteiger partial charge in [-0.25, -0.2) is 4.39 Å². The van der Waals surface area contributed by atoms with Crippen LogP contribution in [0.4, 0.5) is 10.1 Å². The predicted molar refractivity (Wildman–Crippen MR) is 87.4 cm³/mol. The highest BCUT2D eigenvalue weighted by Crippen LogP contribution is 2.30. The minimum absolute atomic E-state index is 0.106. The molecule has 2 rings (SSSR count). The van der Waals surface area contributed by atoms with Crippen LogP contribution < -0.4 is 10.6 Å². The zero-order valence-electron chi connectivity index (χ0n) is 12.3. The third-order valence-corrected chi connectivity index (χ3v) is 4.09. The largest absolute Gasteiger partial charge is 0.361 e. The van der Waals surface area contributed by atoms with E-state index in [2.05, 4.69) is 0 Å². The van der Waals surface area contributed by atoms with E-state index >= 15 is 0 Å². The minimum Gasteiger partial charge on any atom is -0.361 e. The van der Waals surface area contributed by atoms with E-state index in [-0.39, 0.29) is 11.9 Å². The molecule has 0 aliphatic carbocycles. The summed E-state index contributed by atoms with van der Waals surface area (Å²) in [5.41, 5.74) is 8.53. The third kappa shape index (κ3) is 3.36. The van der Waals surface area contributed by atoms with Gasteiger partial charge in [-0.3, -0.25) is 0 Å². The number of benzene rings is 2. The lowest BCUT2D eigenvalue weighted by molar-refractivity contribution is 0.588. The molecule has 21 heavy (non-hydrogen) atoms. The van der Waals surface area contributed by atoms with Crippen LogP contribution in [-0.4, -0.2) is 13.1 Å². The van der Waals surface area contributed by atoms with Crippen molar-refractivity contribution in [3.63, 3.8) is 0 Å². The van der Waals surface area contributed by atoms with E-state index < -0.39 is 0 Å². The predicted octanol–water partition coefficient (Wildman–Crippen LogP) is 4.31. The molecule has 0 aliphatic heterocycles. The number of para-hydroxylation sites is 1. The number of hydrogen-bond acceptors (Lipinski definition) is 2. The molecule has 2 aromatic carbocycles. The molecule has 4 heteroatoms. The molecule has 0 amide bonds. The van der Waals surface area contributed by atoms with Gasteiger partial charge in [0.15, 0.2) is 0 Å². The van der Waals surface area contributed by atoms with Gasteiger partial charge in [0, 0.05) is 18.1 Å². The average molecular weight is 307 g/mol. The molecule has 0 aromatic heterocycles. The summed E-state index contributed by atoms with van der Waals surface area (Å²) < 4.78 is 14.1. The lowest BCUT2D eigenvalue weighted by Crippen LogP contribution is -2.34. The van der Waals surface area contributed by atoms with E-state index in [9.17, 15) is 4.39 Å². The highest BCUT2D eigenvalue weighted by atomic mass is 35.5. The Morgan fingerprint density at radius 3 is 2.52 bits per heavy atom. The lowest BCUT2D eigenvalue weighted by Gasteiger charge is -2.32. The van der Waals surface area contributed by atoms with E-state index in [1.54, 1.807) is 12.1 Å². The lowest BCUT2D eigenvalue weighted by atomic mass is 10.0. The van der Waals surface area contributed by atoms with Crippen molar-refractivity contribution in [2.24, 2.45) is 5.73 Å². The molecule has 0 spiro atoms. The van der Waals surface area contributed by atoms with Crippen LogP contribution >= 0.6 is 11.6 Å². The van der Waals surface area contributed by atoms with Crippen molar-refractivity contribution >= 4 is 17.3 Å². The van der Waals surface area contributed by atoms with Gasteiger partial charge in [-0.05, 0) is 43.2 Å². The molecule has 2 N–H and O–H groups in total. The Hall–Kier alpha value is -1.58. The molecule has 2 aromatic rings. The maximum atomic E-state index is 14.1. The second-order valence-electron chi connectivity index (χ2n) is 5.00. The van der Waals surface area contributed by atoms with Gasteiger partial charge >= 0.3 is 0 Å². The zero-order valence-corrected chi connectivity index (χ0v) is 13.1. The van der Waals surface area contributed by atoms with E-state index in [0.29, 0.717) is 23.8 Å². The molecular weight excluding hydrogens is 287 g/mol. The first kappa shape index (κ1) is 15.8. The topological polar surface area (TPSA) is 29.3 Å². The molecule has 0 heterocycles. The summed E-state index contributed by atoms with van der Waals surface area (Å²) in [6.07, 6.45) is 0. The van der Waals surface area contributed by atoms with Gasteiger partial charge in [0.2, 0.25) is 0 Å². The van der Waals surface area contributed by atoms with E-state index in [1.165, 1.54) is 6.07 Å². The Labute approximate surface area is 130 Å². The van der Waals surface area contributed by atoms with Crippen molar-refractivity contribution in [1.82, 2.24) is 0 Å². The standard InChI is InChI=1S/C17H20ClFN2/c1-3-21(16-7-5-4-6-15(16)19)17(11-20)13-9-8-12(2)14(18)10-13/h4-10,17H,3,11,20H2,1-2H3. The highest BCUT2D eigenvalue weighted by Gasteiger charge is 2.21. The van der Waals surface area contributed by atoms with Gasteiger partial charge in [-0.2, -0.15) is 0 Å². The van der Waals surface area contributed by atoms with Crippen molar-refractivity contribution < 1.29 is 4.39 Å². The van der Waals surface area contributed by atoms with Gasteiger partial charge in [0.05, 0.1) is 11.7 Å². The fraction of sp³-hybridized carbons (Fsp3) is 0.294. The normalized spacial score (nSPS) is 12.2. The maximum Gasteiger partial charge on any atom is 0.146 e. The number of aryl methyl sites for hydroxylation is 1. The fourth-order valence-electron chi connectivity index (χ4n) is 2.50. The molecule has 0 bridgehead atoms. The molecule has 112 valence electrons. The van der Waals surface area contributed by atoms with Gasteiger partial charge in [-0.1, -0.05) is 35.9 Å². The Bertz CT molecular complexity index is 615. The van der Waals surface area contributed by atoms with Crippen LogP contribution in [0.25, 0.3) is 0 Å². The summed E-state index contributed by atoms with van der Waals surface area (Å²) in [6, 6.07) is 12.5. The quantitative estimate of drug-likeness (QED) is 0.891. The number of likely N-dealkylation sites (N-methyl/N-ethyl adjacent to an activating group) is 1. The number of anilines is 1. The summed E-state index contributed by atoms with van der Waals surface area (Å²) in [5, 5.41) is 0.704. The fourth-order valence-corrected chi connectivity index (χ4v) is 2.69.